The molecule has 0 aliphatic heterocycles. The summed E-state index contributed by atoms with van der Waals surface area (Å²) in [5.41, 5.74) is -0.217. The Hall–Kier alpha value is -1.76. The monoisotopic (exact) mass is 136 g/mol. The summed E-state index contributed by atoms with van der Waals surface area (Å²) in [6.45, 7) is 0. The van der Waals surface area contributed by atoms with Crippen LogP contribution in [0.2, 0.25) is 0 Å². The third-order valence-electron chi connectivity index (χ3n) is 0.919. The number of aromatic amines is 1. The number of nitrogens with one attached hydrogen (secondary N) is 1. The predicted molar refractivity (Wildman–Crippen MR) is 33.3 cm³/mol. The number of pyridine rings is 1. The quantitative estimate of drug-likeness (QED) is 0.562. The number of hydrogen-bond acceptors (Lipinski definition) is 3. The standard InChI is InChI=1S/C6H4N2O2/c7-4-10-5-1-2-6(9)8-3-5/h1-3H,(H,8,9). The topological polar surface area (TPSA) is 65.9 Å². The van der Waals surface area contributed by atoms with Crippen molar-refractivity contribution in [2.75, 3.05) is 0 Å². The van der Waals surface area contributed by atoms with Crippen molar-refractivity contribution in [1.82, 2.24) is 4.98 Å². The van der Waals surface area contributed by atoms with Gasteiger partial charge in [0.05, 0.1) is 0 Å². The van der Waals surface area contributed by atoms with Crippen molar-refractivity contribution in [2.45, 2.75) is 0 Å². The molecule has 1 rings (SSSR count). The highest BCUT2D eigenvalue weighted by atomic mass is 16.5. The Bertz CT molecular complexity index is 290. The normalized spacial score (nSPS) is 8.30. The van der Waals surface area contributed by atoms with Crippen LogP contribution >= 0.6 is 0 Å². The van der Waals surface area contributed by atoms with E-state index in [0.29, 0.717) is 5.75 Å². The van der Waals surface area contributed by atoms with Crippen molar-refractivity contribution in [2.24, 2.45) is 0 Å². The molecule has 0 radical (unpaired) electrons. The molecule has 1 N–H and O–H groups in total. The van der Waals surface area contributed by atoms with Crippen molar-refractivity contribution >= 4 is 0 Å². The second-order valence-corrected chi connectivity index (χ2v) is 1.58. The smallest absolute Gasteiger partial charge is 0.292 e. The number of hydrogen-bond donors (Lipinski definition) is 1. The fourth-order valence-electron chi connectivity index (χ4n) is 0.512. The summed E-state index contributed by atoms with van der Waals surface area (Å²) in [5, 5.41) is 8.02. The molecule has 4 nitrogen and oxygen atoms in total. The average Bonchev–Trinajstić information content (AvgIpc) is 1.95. The Morgan fingerprint density at radius 1 is 1.60 bits per heavy atom. The fourth-order valence-corrected chi connectivity index (χ4v) is 0.512. The summed E-state index contributed by atoms with van der Waals surface area (Å²) in [7, 11) is 0. The zero-order valence-corrected chi connectivity index (χ0v) is 5.00. The summed E-state index contributed by atoms with van der Waals surface area (Å²) in [5.74, 6) is 0.335. The van der Waals surface area contributed by atoms with Gasteiger partial charge in [0.1, 0.15) is 0 Å². The average molecular weight is 136 g/mol. The molecule has 0 unspecified atom stereocenters. The molecule has 0 aliphatic carbocycles. The number of nitriles is 1. The zero-order chi connectivity index (χ0) is 7.40. The molecule has 0 saturated carbocycles. The second kappa shape index (κ2) is 2.69. The summed E-state index contributed by atoms with van der Waals surface area (Å²) < 4.78 is 4.40. The van der Waals surface area contributed by atoms with Gasteiger partial charge in [-0.25, -0.2) is 0 Å². The highest BCUT2D eigenvalue weighted by Crippen LogP contribution is 2.02. The van der Waals surface area contributed by atoms with E-state index in [2.05, 4.69) is 9.72 Å². The van der Waals surface area contributed by atoms with Gasteiger partial charge in [0.25, 0.3) is 6.26 Å². The van der Waals surface area contributed by atoms with Crippen molar-refractivity contribution in [3.8, 4) is 12.0 Å². The maximum Gasteiger partial charge on any atom is 0.292 e. The number of nitrogens with zero attached hydrogens (tertiary/aromatic N) is 1. The van der Waals surface area contributed by atoms with E-state index in [9.17, 15) is 4.79 Å². The lowest BCUT2D eigenvalue weighted by atomic mass is 10.5. The Labute approximate surface area is 56.7 Å². The third-order valence-corrected chi connectivity index (χ3v) is 0.919. The Kier molecular flexibility index (Phi) is 1.71. The van der Waals surface area contributed by atoms with Gasteiger partial charge < -0.3 is 9.72 Å². The largest absolute Gasteiger partial charge is 0.386 e. The van der Waals surface area contributed by atoms with Crippen LogP contribution in [0.1, 0.15) is 0 Å². The van der Waals surface area contributed by atoms with Crippen LogP contribution in [0.3, 0.4) is 0 Å². The van der Waals surface area contributed by atoms with E-state index in [4.69, 9.17) is 5.26 Å². The lowest BCUT2D eigenvalue weighted by Crippen LogP contribution is -2.01. The second-order valence-electron chi connectivity index (χ2n) is 1.58. The molecule has 1 aromatic rings. The molecule has 0 aliphatic rings. The van der Waals surface area contributed by atoms with E-state index < -0.39 is 0 Å². The van der Waals surface area contributed by atoms with Crippen LogP contribution < -0.4 is 10.3 Å². The van der Waals surface area contributed by atoms with Gasteiger partial charge in [0.2, 0.25) is 5.56 Å². The van der Waals surface area contributed by atoms with Crippen LogP contribution in [0.4, 0.5) is 0 Å². The first-order valence-electron chi connectivity index (χ1n) is 2.57. The minimum Gasteiger partial charge on any atom is -0.386 e. The predicted octanol–water partition coefficient (Wildman–Crippen LogP) is 0.235. The van der Waals surface area contributed by atoms with E-state index in [0.717, 1.165) is 0 Å². The van der Waals surface area contributed by atoms with Gasteiger partial charge >= 0.3 is 0 Å². The minimum atomic E-state index is -0.217. The minimum absolute atomic E-state index is 0.217. The van der Waals surface area contributed by atoms with Crippen LogP contribution in [-0.2, 0) is 0 Å². The van der Waals surface area contributed by atoms with Crippen LogP contribution in [0.15, 0.2) is 23.1 Å². The number of H-pyrrole nitrogens is 1. The molecule has 0 aromatic carbocycles. The Balaban J connectivity index is 2.92. The first-order valence-corrected chi connectivity index (χ1v) is 2.57. The van der Waals surface area contributed by atoms with Crippen LogP contribution in [-0.4, -0.2) is 4.98 Å². The number of ether oxygens (including phenoxy) is 1. The van der Waals surface area contributed by atoms with Crippen LogP contribution in [0.5, 0.6) is 5.75 Å². The van der Waals surface area contributed by atoms with Crippen molar-refractivity contribution < 1.29 is 4.74 Å². The molecule has 50 valence electrons. The molecule has 0 amide bonds. The van der Waals surface area contributed by atoms with Gasteiger partial charge in [0, 0.05) is 12.3 Å². The highest BCUT2D eigenvalue weighted by molar-refractivity contribution is 5.16. The summed E-state index contributed by atoms with van der Waals surface area (Å²) in [6.07, 6.45) is 2.81. The van der Waals surface area contributed by atoms with Gasteiger partial charge in [-0.1, -0.05) is 0 Å². The molecule has 0 bridgehead atoms. The molecule has 4 heteroatoms. The van der Waals surface area contributed by atoms with Gasteiger partial charge in [-0.05, 0) is 6.07 Å². The molecule has 1 heterocycles. The lowest BCUT2D eigenvalue weighted by Gasteiger charge is -1.90. The van der Waals surface area contributed by atoms with Crippen molar-refractivity contribution in [3.63, 3.8) is 0 Å². The van der Waals surface area contributed by atoms with Gasteiger partial charge in [0.15, 0.2) is 5.75 Å². The maximum atomic E-state index is 10.4. The number of rotatable bonds is 1. The third kappa shape index (κ3) is 1.36. The Morgan fingerprint density at radius 3 is 2.90 bits per heavy atom. The Morgan fingerprint density at radius 2 is 2.40 bits per heavy atom. The van der Waals surface area contributed by atoms with E-state index in [1.807, 2.05) is 0 Å². The summed E-state index contributed by atoms with van der Waals surface area (Å²) in [6, 6.07) is 2.70. The molecule has 0 fully saturated rings. The van der Waals surface area contributed by atoms with Crippen molar-refractivity contribution in [1.29, 1.82) is 5.26 Å². The SMILES string of the molecule is N#COc1ccc(=O)[nH]c1. The van der Waals surface area contributed by atoms with E-state index in [1.54, 1.807) is 0 Å². The van der Waals surface area contributed by atoms with Crippen LogP contribution in [0.25, 0.3) is 0 Å². The van der Waals surface area contributed by atoms with E-state index in [-0.39, 0.29) is 5.56 Å². The van der Waals surface area contributed by atoms with E-state index in [1.165, 1.54) is 24.6 Å². The molecule has 0 saturated heterocycles. The molecule has 10 heavy (non-hydrogen) atoms. The van der Waals surface area contributed by atoms with Crippen LogP contribution in [0, 0.1) is 11.5 Å². The van der Waals surface area contributed by atoms with Crippen molar-refractivity contribution in [3.05, 3.63) is 28.7 Å². The summed E-state index contributed by atoms with van der Waals surface area (Å²) >= 11 is 0. The van der Waals surface area contributed by atoms with Gasteiger partial charge in [-0.3, -0.25) is 4.79 Å². The van der Waals surface area contributed by atoms with Gasteiger partial charge in [-0.15, -0.1) is 5.26 Å². The number of aromatic nitrogens is 1. The fraction of sp³-hybridized carbons (Fsp3) is 0. The molecule has 0 atom stereocenters. The molecular formula is C6H4N2O2. The van der Waals surface area contributed by atoms with Gasteiger partial charge in [-0.2, -0.15) is 0 Å². The molecule has 1 aromatic heterocycles. The summed E-state index contributed by atoms with van der Waals surface area (Å²) in [4.78, 5) is 12.8. The first kappa shape index (κ1) is 6.36. The lowest BCUT2D eigenvalue weighted by molar-refractivity contribution is 0.504. The molecule has 0 spiro atoms. The first-order chi connectivity index (χ1) is 4.83. The van der Waals surface area contributed by atoms with E-state index >= 15 is 0 Å². The molecular weight excluding hydrogens is 132 g/mol. The maximum absolute atomic E-state index is 10.4. The zero-order valence-electron chi connectivity index (χ0n) is 5.00. The highest BCUT2D eigenvalue weighted by Gasteiger charge is 1.88.